The minimum absolute atomic E-state index is 0.0275. The molecule has 40 heavy (non-hydrogen) atoms. The lowest BCUT2D eigenvalue weighted by atomic mass is 9.96. The predicted molar refractivity (Wildman–Crippen MR) is 158 cm³/mol. The first-order valence-electron chi connectivity index (χ1n) is 14.0. The number of amides is 1. The van der Waals surface area contributed by atoms with E-state index in [2.05, 4.69) is 4.90 Å². The molecule has 0 bridgehead atoms. The van der Waals surface area contributed by atoms with Crippen LogP contribution in [0.25, 0.3) is 10.2 Å². The Morgan fingerprint density at radius 1 is 1.10 bits per heavy atom. The van der Waals surface area contributed by atoms with E-state index >= 15 is 0 Å². The van der Waals surface area contributed by atoms with Crippen LogP contribution in [0.2, 0.25) is 0 Å². The Labute approximate surface area is 240 Å². The van der Waals surface area contributed by atoms with E-state index in [-0.39, 0.29) is 16.8 Å². The van der Waals surface area contributed by atoms with Gasteiger partial charge >= 0.3 is 0 Å². The number of thiazole rings is 1. The minimum Gasteiger partial charge on any atom is -0.497 e. The second-order valence-electron chi connectivity index (χ2n) is 10.4. The first-order valence-corrected chi connectivity index (χ1v) is 16.3. The van der Waals surface area contributed by atoms with Crippen molar-refractivity contribution < 1.29 is 22.7 Å². The van der Waals surface area contributed by atoms with Gasteiger partial charge in [-0.15, -0.1) is 0 Å². The van der Waals surface area contributed by atoms with Crippen molar-refractivity contribution >= 4 is 42.6 Å². The molecular weight excluding hydrogens is 548 g/mol. The molecule has 9 nitrogen and oxygen atoms in total. The number of rotatable bonds is 10. The van der Waals surface area contributed by atoms with Crippen LogP contribution >= 0.6 is 11.3 Å². The van der Waals surface area contributed by atoms with Crippen LogP contribution in [0.15, 0.2) is 47.4 Å². The van der Waals surface area contributed by atoms with Gasteiger partial charge in [0.05, 0.1) is 35.4 Å². The zero-order valence-electron chi connectivity index (χ0n) is 23.3. The van der Waals surface area contributed by atoms with E-state index in [4.69, 9.17) is 14.5 Å². The molecule has 1 aliphatic carbocycles. The lowest BCUT2D eigenvalue weighted by Crippen LogP contribution is -2.39. The third-order valence-electron chi connectivity index (χ3n) is 7.89. The van der Waals surface area contributed by atoms with E-state index in [1.807, 2.05) is 18.2 Å². The lowest BCUT2D eigenvalue weighted by molar-refractivity contribution is 0.0376. The van der Waals surface area contributed by atoms with Crippen LogP contribution in [0, 0.1) is 0 Å². The average molecular weight is 587 g/mol. The topological polar surface area (TPSA) is 92.3 Å². The number of morpholine rings is 1. The zero-order chi connectivity index (χ0) is 28.1. The van der Waals surface area contributed by atoms with Gasteiger partial charge in [-0.05, 0) is 55.7 Å². The molecule has 3 aromatic rings. The molecule has 0 unspecified atom stereocenters. The molecule has 2 fully saturated rings. The van der Waals surface area contributed by atoms with Crippen LogP contribution in [0.3, 0.4) is 0 Å². The zero-order valence-corrected chi connectivity index (χ0v) is 24.9. The highest BCUT2D eigenvalue weighted by Crippen LogP contribution is 2.32. The lowest BCUT2D eigenvalue weighted by Gasteiger charge is -2.30. The number of nitrogens with zero attached hydrogens (tertiary/aromatic N) is 4. The number of hydrogen-bond acceptors (Lipinski definition) is 8. The second kappa shape index (κ2) is 12.9. The average Bonchev–Trinajstić information content (AvgIpc) is 3.42. The molecule has 2 aromatic carbocycles. The van der Waals surface area contributed by atoms with Crippen LogP contribution in [0.5, 0.6) is 5.75 Å². The van der Waals surface area contributed by atoms with E-state index in [0.29, 0.717) is 23.0 Å². The molecular formula is C29H38N4O5S2. The summed E-state index contributed by atoms with van der Waals surface area (Å²) in [7, 11) is -0.346. The quantitative estimate of drug-likeness (QED) is 0.342. The summed E-state index contributed by atoms with van der Waals surface area (Å²) in [6.45, 7) is 4.59. The smallest absolute Gasteiger partial charge is 0.260 e. The Hall–Kier alpha value is -2.57. The van der Waals surface area contributed by atoms with Crippen molar-refractivity contribution in [1.29, 1.82) is 0 Å². The molecule has 0 atom stereocenters. The third kappa shape index (κ3) is 6.49. The fourth-order valence-electron chi connectivity index (χ4n) is 5.43. The number of carbonyl (C=O) groups is 1. The molecule has 216 valence electrons. The highest BCUT2D eigenvalue weighted by atomic mass is 32.2. The van der Waals surface area contributed by atoms with Crippen molar-refractivity contribution in [2.24, 2.45) is 0 Å². The summed E-state index contributed by atoms with van der Waals surface area (Å²) in [6.07, 6.45) is 5.82. The summed E-state index contributed by atoms with van der Waals surface area (Å²) in [4.78, 5) is 22.9. The molecule has 5 rings (SSSR count). The van der Waals surface area contributed by atoms with Gasteiger partial charge in [0.15, 0.2) is 5.13 Å². The van der Waals surface area contributed by atoms with Gasteiger partial charge in [0.25, 0.3) is 5.91 Å². The fourth-order valence-corrected chi connectivity index (χ4v) is 7.82. The Morgan fingerprint density at radius 2 is 1.82 bits per heavy atom. The summed E-state index contributed by atoms with van der Waals surface area (Å²) in [5.74, 6) is 0.516. The van der Waals surface area contributed by atoms with E-state index in [0.717, 1.165) is 81.6 Å². The third-order valence-corrected chi connectivity index (χ3v) is 10.9. The van der Waals surface area contributed by atoms with Crippen LogP contribution in [-0.4, -0.2) is 88.1 Å². The van der Waals surface area contributed by atoms with E-state index < -0.39 is 10.0 Å². The van der Waals surface area contributed by atoms with Gasteiger partial charge in [0, 0.05) is 50.9 Å². The SMILES string of the molecule is COc1ccc2sc(N(CCCN3CCOCC3)C(=O)c3ccc(S(=O)(=O)N(C)C4CCCCC4)cc3)nc2c1. The molecule has 2 aliphatic rings. The van der Waals surface area contributed by atoms with Gasteiger partial charge in [-0.2, -0.15) is 4.31 Å². The molecule has 1 aliphatic heterocycles. The largest absolute Gasteiger partial charge is 0.497 e. The van der Waals surface area contributed by atoms with E-state index in [1.54, 1.807) is 43.3 Å². The maximum absolute atomic E-state index is 13.8. The summed E-state index contributed by atoms with van der Waals surface area (Å²) in [5, 5.41) is 0.615. The number of sulfonamides is 1. The molecule has 2 heterocycles. The fraction of sp³-hybridized carbons (Fsp3) is 0.517. The molecule has 0 N–H and O–H groups in total. The monoisotopic (exact) mass is 586 g/mol. The summed E-state index contributed by atoms with van der Waals surface area (Å²) < 4.78 is 39.9. The summed E-state index contributed by atoms with van der Waals surface area (Å²) >= 11 is 1.46. The number of methoxy groups -OCH3 is 1. The van der Waals surface area contributed by atoms with Crippen molar-refractivity contribution in [3.63, 3.8) is 0 Å². The standard InChI is InChI=1S/C29H38N4O5S2/c1-31(23-7-4-3-5-8-23)40(35,36)25-12-9-22(10-13-25)28(34)33(16-6-15-32-17-19-38-20-18-32)29-30-26-21-24(37-2)11-14-27(26)39-29/h9-14,21,23H,3-8,15-20H2,1-2H3. The van der Waals surface area contributed by atoms with Gasteiger partial charge in [-0.1, -0.05) is 30.6 Å². The number of benzene rings is 2. The number of ether oxygens (including phenoxy) is 2. The first-order chi connectivity index (χ1) is 19.4. The molecule has 1 saturated heterocycles. The van der Waals surface area contributed by atoms with Crippen molar-refractivity contribution in [3.05, 3.63) is 48.0 Å². The highest BCUT2D eigenvalue weighted by Gasteiger charge is 2.29. The van der Waals surface area contributed by atoms with Gasteiger partial charge in [-0.3, -0.25) is 14.6 Å². The Balaban J connectivity index is 1.36. The van der Waals surface area contributed by atoms with E-state index in [9.17, 15) is 13.2 Å². The van der Waals surface area contributed by atoms with Crippen LogP contribution in [0.4, 0.5) is 5.13 Å². The summed E-state index contributed by atoms with van der Waals surface area (Å²) in [6, 6.07) is 12.1. The predicted octanol–water partition coefficient (Wildman–Crippen LogP) is 4.63. The minimum atomic E-state index is -3.63. The first kappa shape index (κ1) is 28.9. The van der Waals surface area contributed by atoms with Crippen LogP contribution < -0.4 is 9.64 Å². The number of anilines is 1. The maximum Gasteiger partial charge on any atom is 0.260 e. The molecule has 11 heteroatoms. The Morgan fingerprint density at radius 3 is 2.52 bits per heavy atom. The molecule has 0 spiro atoms. The number of aromatic nitrogens is 1. The van der Waals surface area contributed by atoms with Crippen molar-refractivity contribution in [1.82, 2.24) is 14.2 Å². The summed E-state index contributed by atoms with van der Waals surface area (Å²) in [5.41, 5.74) is 1.21. The van der Waals surface area contributed by atoms with Gasteiger partial charge in [0.2, 0.25) is 10.0 Å². The van der Waals surface area contributed by atoms with Crippen molar-refractivity contribution in [2.75, 3.05) is 58.5 Å². The van der Waals surface area contributed by atoms with Gasteiger partial charge < -0.3 is 9.47 Å². The van der Waals surface area contributed by atoms with Gasteiger partial charge in [-0.25, -0.2) is 13.4 Å². The highest BCUT2D eigenvalue weighted by molar-refractivity contribution is 7.89. The Bertz CT molecular complexity index is 1400. The second-order valence-corrected chi connectivity index (χ2v) is 13.4. The molecule has 1 aromatic heterocycles. The normalized spacial score (nSPS) is 17.4. The van der Waals surface area contributed by atoms with Gasteiger partial charge in [0.1, 0.15) is 5.75 Å². The number of fused-ring (bicyclic) bond motifs is 1. The maximum atomic E-state index is 13.8. The molecule has 0 radical (unpaired) electrons. The van der Waals surface area contributed by atoms with E-state index in [1.165, 1.54) is 15.6 Å². The van der Waals surface area contributed by atoms with Crippen LogP contribution in [0.1, 0.15) is 48.9 Å². The Kier molecular flexibility index (Phi) is 9.37. The van der Waals surface area contributed by atoms with Crippen molar-refractivity contribution in [3.8, 4) is 5.75 Å². The molecule has 1 amide bonds. The van der Waals surface area contributed by atoms with Crippen LogP contribution in [-0.2, 0) is 14.8 Å². The number of hydrogen-bond donors (Lipinski definition) is 0. The molecule has 1 saturated carbocycles. The van der Waals surface area contributed by atoms with Crippen molar-refractivity contribution in [2.45, 2.75) is 49.5 Å². The number of carbonyl (C=O) groups excluding carboxylic acids is 1.